The number of rotatable bonds is 3. The van der Waals surface area contributed by atoms with E-state index in [1.807, 2.05) is 6.07 Å². The van der Waals surface area contributed by atoms with Crippen LogP contribution in [0.4, 0.5) is 11.4 Å². The van der Waals surface area contributed by atoms with Crippen LogP contribution >= 0.6 is 0 Å². The Labute approximate surface area is 113 Å². The van der Waals surface area contributed by atoms with Gasteiger partial charge in [0.2, 0.25) is 0 Å². The van der Waals surface area contributed by atoms with E-state index in [4.69, 9.17) is 11.0 Å². The van der Waals surface area contributed by atoms with Crippen LogP contribution in [0.3, 0.4) is 0 Å². The van der Waals surface area contributed by atoms with Crippen molar-refractivity contribution in [3.63, 3.8) is 0 Å². The van der Waals surface area contributed by atoms with E-state index in [0.29, 0.717) is 17.2 Å². The van der Waals surface area contributed by atoms with Crippen LogP contribution in [0.5, 0.6) is 0 Å². The number of hydrogen-bond donors (Lipinski definition) is 1. The first kappa shape index (κ1) is 13.3. The molecule has 2 N–H and O–H groups in total. The van der Waals surface area contributed by atoms with Gasteiger partial charge in [0.05, 0.1) is 11.3 Å². The summed E-state index contributed by atoms with van der Waals surface area (Å²) in [6.45, 7) is 11.2. The van der Waals surface area contributed by atoms with E-state index < -0.39 is 0 Å². The van der Waals surface area contributed by atoms with Gasteiger partial charge in [-0.15, -0.1) is 0 Å². The van der Waals surface area contributed by atoms with E-state index in [-0.39, 0.29) is 6.04 Å². The minimum Gasteiger partial charge on any atom is -0.369 e. The fourth-order valence-electron chi connectivity index (χ4n) is 2.52. The topological polar surface area (TPSA) is 65.4 Å². The molecular formula is C15H18N4. The maximum Gasteiger partial charge on any atom is 0.101 e. The summed E-state index contributed by atoms with van der Waals surface area (Å²) in [5.74, 6) is 0.452. The molecule has 0 aromatic heterocycles. The molecule has 2 rings (SSSR count). The summed E-state index contributed by atoms with van der Waals surface area (Å²) < 4.78 is 0. The molecule has 19 heavy (non-hydrogen) atoms. The van der Waals surface area contributed by atoms with Crippen molar-refractivity contribution in [2.75, 3.05) is 18.0 Å². The largest absolute Gasteiger partial charge is 0.369 e. The van der Waals surface area contributed by atoms with Crippen LogP contribution in [0.1, 0.15) is 18.1 Å². The number of benzene rings is 1. The number of anilines is 1. The standard InChI is InChI=1S/C15H18N4/c1-4-12-14(19-8-10(2)13(17)9-19)6-5-11(7-16)15(12)18-3/h4-6,10,13H,1,3,8-9,17H2,2H3. The Balaban J connectivity index is 2.50. The van der Waals surface area contributed by atoms with Crippen LogP contribution < -0.4 is 10.6 Å². The van der Waals surface area contributed by atoms with E-state index in [0.717, 1.165) is 24.3 Å². The van der Waals surface area contributed by atoms with Crippen LogP contribution in [0.25, 0.3) is 6.08 Å². The van der Waals surface area contributed by atoms with Crippen molar-refractivity contribution in [2.45, 2.75) is 13.0 Å². The summed E-state index contributed by atoms with van der Waals surface area (Å²) in [5, 5.41) is 9.10. The molecule has 1 fully saturated rings. The quantitative estimate of drug-likeness (QED) is 0.842. The Morgan fingerprint density at radius 2 is 2.26 bits per heavy atom. The number of nitriles is 1. The van der Waals surface area contributed by atoms with Crippen LogP contribution in [0.15, 0.2) is 23.7 Å². The Morgan fingerprint density at radius 1 is 1.53 bits per heavy atom. The number of nitrogens with zero attached hydrogens (tertiary/aromatic N) is 3. The van der Waals surface area contributed by atoms with Gasteiger partial charge in [0, 0.05) is 30.4 Å². The van der Waals surface area contributed by atoms with E-state index in [1.165, 1.54) is 0 Å². The first-order chi connectivity index (χ1) is 9.12. The Bertz CT molecular complexity index is 546. The first-order valence-electron chi connectivity index (χ1n) is 6.29. The summed E-state index contributed by atoms with van der Waals surface area (Å²) in [6, 6.07) is 6.02. The van der Waals surface area contributed by atoms with Gasteiger partial charge in [-0.3, -0.25) is 4.99 Å². The minimum atomic E-state index is 0.174. The van der Waals surface area contributed by atoms with E-state index in [2.05, 4.69) is 36.2 Å². The summed E-state index contributed by atoms with van der Waals surface area (Å²) >= 11 is 0. The molecule has 0 radical (unpaired) electrons. The average Bonchev–Trinajstić information content (AvgIpc) is 2.76. The Kier molecular flexibility index (Phi) is 3.68. The van der Waals surface area contributed by atoms with Gasteiger partial charge in [-0.05, 0) is 24.8 Å². The fraction of sp³-hybridized carbons (Fsp3) is 0.333. The lowest BCUT2D eigenvalue weighted by Crippen LogP contribution is -2.28. The Hall–Kier alpha value is -2.12. The molecule has 0 bridgehead atoms. The van der Waals surface area contributed by atoms with Crippen molar-refractivity contribution in [3.05, 3.63) is 29.8 Å². The van der Waals surface area contributed by atoms with Gasteiger partial charge >= 0.3 is 0 Å². The van der Waals surface area contributed by atoms with E-state index >= 15 is 0 Å². The highest BCUT2D eigenvalue weighted by molar-refractivity contribution is 5.81. The molecule has 98 valence electrons. The molecule has 1 aliphatic heterocycles. The third-order valence-electron chi connectivity index (χ3n) is 3.69. The normalized spacial score (nSPS) is 22.1. The second kappa shape index (κ2) is 5.25. The molecule has 0 aliphatic carbocycles. The van der Waals surface area contributed by atoms with Gasteiger partial charge in [0.15, 0.2) is 0 Å². The highest BCUT2D eigenvalue weighted by atomic mass is 15.2. The van der Waals surface area contributed by atoms with Crippen LogP contribution in [-0.4, -0.2) is 25.8 Å². The smallest absolute Gasteiger partial charge is 0.101 e. The molecule has 1 aliphatic rings. The van der Waals surface area contributed by atoms with Crippen LogP contribution in [0, 0.1) is 17.2 Å². The second-order valence-corrected chi connectivity index (χ2v) is 4.91. The molecule has 1 heterocycles. The average molecular weight is 254 g/mol. The molecule has 2 atom stereocenters. The number of hydrogen-bond acceptors (Lipinski definition) is 4. The highest BCUT2D eigenvalue weighted by Gasteiger charge is 2.28. The molecule has 0 spiro atoms. The third-order valence-corrected chi connectivity index (χ3v) is 3.69. The molecule has 1 aromatic carbocycles. The lowest BCUT2D eigenvalue weighted by Gasteiger charge is -2.22. The van der Waals surface area contributed by atoms with Crippen LogP contribution in [-0.2, 0) is 0 Å². The van der Waals surface area contributed by atoms with Crippen molar-refractivity contribution < 1.29 is 0 Å². The summed E-state index contributed by atoms with van der Waals surface area (Å²) in [5.41, 5.74) is 9.07. The van der Waals surface area contributed by atoms with Gasteiger partial charge in [-0.25, -0.2) is 0 Å². The maximum absolute atomic E-state index is 9.10. The van der Waals surface area contributed by atoms with Gasteiger partial charge in [-0.2, -0.15) is 5.26 Å². The molecule has 4 nitrogen and oxygen atoms in total. The maximum atomic E-state index is 9.10. The zero-order valence-corrected chi connectivity index (χ0v) is 11.1. The summed E-state index contributed by atoms with van der Waals surface area (Å²) in [4.78, 5) is 6.20. The van der Waals surface area contributed by atoms with Crippen molar-refractivity contribution in [2.24, 2.45) is 16.6 Å². The fourth-order valence-corrected chi connectivity index (χ4v) is 2.52. The number of aliphatic imine (C=N–C) groups is 1. The SMILES string of the molecule is C=Cc1c(N2CC(C)C(N)C2)ccc(C#N)c1N=C. The van der Waals surface area contributed by atoms with Gasteiger partial charge < -0.3 is 10.6 Å². The predicted octanol–water partition coefficient (Wildman–Crippen LogP) is 2.32. The highest BCUT2D eigenvalue weighted by Crippen LogP contribution is 2.35. The van der Waals surface area contributed by atoms with E-state index in [9.17, 15) is 0 Å². The Morgan fingerprint density at radius 3 is 2.74 bits per heavy atom. The molecule has 0 amide bonds. The summed E-state index contributed by atoms with van der Waals surface area (Å²) in [7, 11) is 0. The monoisotopic (exact) mass is 254 g/mol. The molecule has 0 saturated carbocycles. The lowest BCUT2D eigenvalue weighted by molar-refractivity contribution is 0.566. The van der Waals surface area contributed by atoms with Crippen molar-refractivity contribution in [1.29, 1.82) is 5.26 Å². The van der Waals surface area contributed by atoms with Crippen molar-refractivity contribution in [1.82, 2.24) is 0 Å². The molecule has 2 unspecified atom stereocenters. The zero-order valence-electron chi connectivity index (χ0n) is 11.1. The predicted molar refractivity (Wildman–Crippen MR) is 79.8 cm³/mol. The zero-order chi connectivity index (χ0) is 14.0. The molecule has 1 saturated heterocycles. The third kappa shape index (κ3) is 2.25. The summed E-state index contributed by atoms with van der Waals surface area (Å²) in [6.07, 6.45) is 1.73. The van der Waals surface area contributed by atoms with Crippen molar-refractivity contribution in [3.8, 4) is 6.07 Å². The molecule has 4 heteroatoms. The van der Waals surface area contributed by atoms with Gasteiger partial charge in [-0.1, -0.05) is 19.6 Å². The van der Waals surface area contributed by atoms with Crippen LogP contribution in [0.2, 0.25) is 0 Å². The molecular weight excluding hydrogens is 236 g/mol. The number of nitrogens with two attached hydrogens (primary N) is 1. The minimum absolute atomic E-state index is 0.174. The van der Waals surface area contributed by atoms with Gasteiger partial charge in [0.25, 0.3) is 0 Å². The second-order valence-electron chi connectivity index (χ2n) is 4.91. The molecule has 1 aromatic rings. The lowest BCUT2D eigenvalue weighted by atomic mass is 10.0. The van der Waals surface area contributed by atoms with Crippen molar-refractivity contribution >= 4 is 24.2 Å². The first-order valence-corrected chi connectivity index (χ1v) is 6.29. The van der Waals surface area contributed by atoms with E-state index in [1.54, 1.807) is 12.1 Å². The van der Waals surface area contributed by atoms with Gasteiger partial charge in [0.1, 0.15) is 6.07 Å².